The summed E-state index contributed by atoms with van der Waals surface area (Å²) in [5.41, 5.74) is 1.26. The molecule has 6 nitrogen and oxygen atoms in total. The molecule has 0 radical (unpaired) electrons. The Morgan fingerprint density at radius 1 is 1.03 bits per heavy atom. The molecule has 0 unspecified atom stereocenters. The molecule has 2 atom stereocenters. The number of hydrogen-bond donors (Lipinski definition) is 0. The number of halogens is 1. The van der Waals surface area contributed by atoms with Gasteiger partial charge in [0.05, 0.1) is 19.3 Å². The largest absolute Gasteiger partial charge is 0.494 e. The van der Waals surface area contributed by atoms with E-state index in [0.717, 1.165) is 45.2 Å². The van der Waals surface area contributed by atoms with E-state index >= 15 is 0 Å². The molecule has 2 aromatic carbocycles. The Morgan fingerprint density at radius 3 is 2.71 bits per heavy atom. The van der Waals surface area contributed by atoms with Crippen molar-refractivity contribution in [1.82, 2.24) is 9.80 Å². The maximum atomic E-state index is 14.8. The number of hydrogen-bond acceptors (Lipinski definition) is 5. The molecule has 34 heavy (non-hydrogen) atoms. The van der Waals surface area contributed by atoms with Crippen LogP contribution < -0.4 is 9.47 Å². The Balaban J connectivity index is 1.54. The molecular formula is C27H35FN2O4. The van der Waals surface area contributed by atoms with E-state index in [-0.39, 0.29) is 29.6 Å². The minimum Gasteiger partial charge on any atom is -0.494 e. The lowest BCUT2D eigenvalue weighted by Gasteiger charge is -2.41. The third-order valence-electron chi connectivity index (χ3n) is 6.92. The number of ether oxygens (including phenoxy) is 3. The number of carbonyl (C=O) groups excluding carboxylic acids is 1. The molecule has 0 aliphatic carbocycles. The van der Waals surface area contributed by atoms with E-state index in [4.69, 9.17) is 14.2 Å². The predicted molar refractivity (Wildman–Crippen MR) is 129 cm³/mol. The maximum absolute atomic E-state index is 14.8. The Hall–Kier alpha value is -2.64. The minimum absolute atomic E-state index is 0.0457. The van der Waals surface area contributed by atoms with Gasteiger partial charge in [-0.15, -0.1) is 0 Å². The van der Waals surface area contributed by atoms with E-state index in [1.54, 1.807) is 13.2 Å². The van der Waals surface area contributed by atoms with Gasteiger partial charge in [0.15, 0.2) is 11.6 Å². The van der Waals surface area contributed by atoms with Gasteiger partial charge >= 0.3 is 0 Å². The summed E-state index contributed by atoms with van der Waals surface area (Å²) in [5, 5.41) is 0. The molecule has 0 N–H and O–H groups in total. The summed E-state index contributed by atoms with van der Waals surface area (Å²) in [6.45, 7) is 3.17. The van der Waals surface area contributed by atoms with E-state index in [1.807, 2.05) is 41.3 Å². The Bertz CT molecular complexity index is 969. The highest BCUT2D eigenvalue weighted by Gasteiger charge is 2.34. The van der Waals surface area contributed by atoms with E-state index in [9.17, 15) is 9.18 Å². The second-order valence-electron chi connectivity index (χ2n) is 9.06. The molecule has 2 aromatic rings. The highest BCUT2D eigenvalue weighted by molar-refractivity contribution is 5.95. The van der Waals surface area contributed by atoms with E-state index in [0.29, 0.717) is 36.6 Å². The van der Waals surface area contributed by atoms with Gasteiger partial charge in [-0.05, 0) is 56.5 Å². The number of nitrogens with zero attached hydrogens (tertiary/aromatic N) is 2. The zero-order valence-electron chi connectivity index (χ0n) is 20.2. The van der Waals surface area contributed by atoms with Crippen molar-refractivity contribution in [2.75, 3.05) is 40.5 Å². The van der Waals surface area contributed by atoms with Crippen LogP contribution >= 0.6 is 0 Å². The first-order valence-corrected chi connectivity index (χ1v) is 12.2. The van der Waals surface area contributed by atoms with Gasteiger partial charge in [0.1, 0.15) is 12.4 Å². The van der Waals surface area contributed by atoms with Gasteiger partial charge in [-0.2, -0.15) is 0 Å². The molecule has 4 rings (SSSR count). The summed E-state index contributed by atoms with van der Waals surface area (Å²) in [4.78, 5) is 17.6. The third kappa shape index (κ3) is 5.70. The van der Waals surface area contributed by atoms with Crippen LogP contribution in [0.25, 0.3) is 0 Å². The third-order valence-corrected chi connectivity index (χ3v) is 6.92. The number of rotatable bonds is 4. The van der Waals surface area contributed by atoms with Crippen LogP contribution in [0.15, 0.2) is 42.5 Å². The number of benzene rings is 2. The molecule has 2 heterocycles. The zero-order valence-corrected chi connectivity index (χ0v) is 20.2. The molecular weight excluding hydrogens is 435 g/mol. The molecule has 0 spiro atoms. The SMILES string of the molecule is COc1cccc(CN2CCCC[C@@H]3[C@H](OC)CCCN3C(=O)c3cccc(c3)OCC2)c1F. The lowest BCUT2D eigenvalue weighted by atomic mass is 9.93. The van der Waals surface area contributed by atoms with Crippen molar-refractivity contribution in [3.05, 3.63) is 59.4 Å². The van der Waals surface area contributed by atoms with Crippen molar-refractivity contribution >= 4 is 5.91 Å². The molecule has 184 valence electrons. The molecule has 2 aliphatic rings. The van der Waals surface area contributed by atoms with Gasteiger partial charge in [0.25, 0.3) is 5.91 Å². The quantitative estimate of drug-likeness (QED) is 0.658. The Morgan fingerprint density at radius 2 is 1.88 bits per heavy atom. The fraction of sp³-hybridized carbons (Fsp3) is 0.519. The average Bonchev–Trinajstić information content (AvgIpc) is 2.86. The predicted octanol–water partition coefficient (Wildman–Crippen LogP) is 4.52. The average molecular weight is 471 g/mol. The maximum Gasteiger partial charge on any atom is 0.254 e. The highest BCUT2D eigenvalue weighted by atomic mass is 19.1. The van der Waals surface area contributed by atoms with Gasteiger partial charge in [-0.25, -0.2) is 4.39 Å². The van der Waals surface area contributed by atoms with Gasteiger partial charge in [-0.1, -0.05) is 24.6 Å². The van der Waals surface area contributed by atoms with Gasteiger partial charge < -0.3 is 19.1 Å². The lowest BCUT2D eigenvalue weighted by Crippen LogP contribution is -2.51. The first-order chi connectivity index (χ1) is 16.6. The molecule has 2 bridgehead atoms. The van der Waals surface area contributed by atoms with E-state index in [2.05, 4.69) is 4.90 Å². The monoisotopic (exact) mass is 470 g/mol. The second-order valence-corrected chi connectivity index (χ2v) is 9.06. The van der Waals surface area contributed by atoms with Crippen molar-refractivity contribution in [2.45, 2.75) is 50.8 Å². The van der Waals surface area contributed by atoms with Crippen molar-refractivity contribution in [3.8, 4) is 11.5 Å². The summed E-state index contributed by atoms with van der Waals surface area (Å²) >= 11 is 0. The summed E-state index contributed by atoms with van der Waals surface area (Å²) in [5.74, 6) is 0.675. The van der Waals surface area contributed by atoms with Crippen LogP contribution in [0.1, 0.15) is 48.0 Å². The van der Waals surface area contributed by atoms with Crippen LogP contribution in [-0.2, 0) is 11.3 Å². The normalized spacial score (nSPS) is 22.4. The van der Waals surface area contributed by atoms with Gasteiger partial charge in [0, 0.05) is 37.9 Å². The molecule has 2 aliphatic heterocycles. The highest BCUT2D eigenvalue weighted by Crippen LogP contribution is 2.28. The Kier molecular flexibility index (Phi) is 8.40. The summed E-state index contributed by atoms with van der Waals surface area (Å²) in [6, 6.07) is 12.8. The van der Waals surface area contributed by atoms with Crippen LogP contribution in [0.5, 0.6) is 11.5 Å². The molecule has 0 aromatic heterocycles. The van der Waals surface area contributed by atoms with Crippen molar-refractivity contribution in [3.63, 3.8) is 0 Å². The second kappa shape index (κ2) is 11.7. The van der Waals surface area contributed by atoms with Crippen molar-refractivity contribution in [1.29, 1.82) is 0 Å². The number of carbonyl (C=O) groups is 1. The fourth-order valence-corrected chi connectivity index (χ4v) is 5.10. The van der Waals surface area contributed by atoms with Crippen LogP contribution in [0, 0.1) is 5.82 Å². The lowest BCUT2D eigenvalue weighted by molar-refractivity contribution is -0.0156. The summed E-state index contributed by atoms with van der Waals surface area (Å²) in [7, 11) is 3.22. The van der Waals surface area contributed by atoms with Gasteiger partial charge in [0.2, 0.25) is 0 Å². The number of piperidine rings is 1. The first kappa shape index (κ1) is 24.5. The Labute approximate surface area is 201 Å². The summed E-state index contributed by atoms with van der Waals surface area (Å²) < 4.78 is 31.7. The molecule has 1 amide bonds. The van der Waals surface area contributed by atoms with Crippen LogP contribution in [0.4, 0.5) is 4.39 Å². The smallest absolute Gasteiger partial charge is 0.254 e. The number of fused-ring (bicyclic) bond motifs is 3. The van der Waals surface area contributed by atoms with E-state index in [1.165, 1.54) is 7.11 Å². The molecule has 1 saturated heterocycles. The fourth-order valence-electron chi connectivity index (χ4n) is 5.10. The van der Waals surface area contributed by atoms with Crippen LogP contribution in [-0.4, -0.2) is 68.3 Å². The molecule has 1 fully saturated rings. The number of amides is 1. The van der Waals surface area contributed by atoms with Crippen molar-refractivity contribution < 1.29 is 23.4 Å². The molecule has 7 heteroatoms. The number of methoxy groups -OCH3 is 2. The minimum atomic E-state index is -0.308. The van der Waals surface area contributed by atoms with Crippen molar-refractivity contribution in [2.24, 2.45) is 0 Å². The standard InChI is InChI=1S/C27H35FN2O4/c1-32-24-13-7-15-30-23(24)11-3-4-14-29(19-21-9-6-12-25(33-2)26(21)28)16-17-34-22-10-5-8-20(18-22)27(30)31/h5-6,8-10,12,18,23-24H,3-4,7,11,13-17,19H2,1-2H3/t23-,24-/m1/s1. The zero-order chi connectivity index (χ0) is 23.9. The topological polar surface area (TPSA) is 51.2 Å². The van der Waals surface area contributed by atoms with Crippen LogP contribution in [0.2, 0.25) is 0 Å². The molecule has 0 saturated carbocycles. The van der Waals surface area contributed by atoms with Gasteiger partial charge in [-0.3, -0.25) is 9.69 Å². The van der Waals surface area contributed by atoms with Crippen LogP contribution in [0.3, 0.4) is 0 Å². The van der Waals surface area contributed by atoms with E-state index < -0.39 is 0 Å². The first-order valence-electron chi connectivity index (χ1n) is 12.2. The summed E-state index contributed by atoms with van der Waals surface area (Å²) in [6.07, 6.45) is 4.76.